The van der Waals surface area contributed by atoms with Crippen LogP contribution >= 0.6 is 0 Å². The molecule has 0 fully saturated rings. The maximum absolute atomic E-state index is 11.4. The first-order chi connectivity index (χ1) is 6.33. The molecule has 13 heavy (non-hydrogen) atoms. The van der Waals surface area contributed by atoms with Gasteiger partial charge in [0.25, 0.3) is 0 Å². The highest BCUT2D eigenvalue weighted by Gasteiger charge is 2.10. The molecule has 0 saturated heterocycles. The predicted molar refractivity (Wildman–Crippen MR) is 47.6 cm³/mol. The van der Waals surface area contributed by atoms with Crippen molar-refractivity contribution in [3.8, 4) is 0 Å². The van der Waals surface area contributed by atoms with Crippen LogP contribution < -0.4 is 0 Å². The Morgan fingerprint density at radius 2 is 2.46 bits per heavy atom. The fourth-order valence-electron chi connectivity index (χ4n) is 1.21. The van der Waals surface area contributed by atoms with Gasteiger partial charge in [0.1, 0.15) is 0 Å². The van der Waals surface area contributed by atoms with Gasteiger partial charge in [-0.1, -0.05) is 6.92 Å². The van der Waals surface area contributed by atoms with E-state index in [1.165, 1.54) is 0 Å². The average Bonchev–Trinajstić information content (AvgIpc) is 2.60. The van der Waals surface area contributed by atoms with E-state index in [1.54, 1.807) is 29.2 Å². The molecule has 0 aliphatic carbocycles. The van der Waals surface area contributed by atoms with E-state index in [1.807, 2.05) is 6.92 Å². The van der Waals surface area contributed by atoms with Crippen molar-refractivity contribution in [2.75, 3.05) is 0 Å². The van der Waals surface area contributed by atoms with Gasteiger partial charge in [-0.2, -0.15) is 5.10 Å². The Kier molecular flexibility index (Phi) is 1.81. The number of carbonyl (C=O) groups excluding carboxylic acids is 1. The molecule has 2 aromatic rings. The van der Waals surface area contributed by atoms with Crippen LogP contribution in [0.2, 0.25) is 0 Å². The van der Waals surface area contributed by atoms with Crippen LogP contribution in [0.3, 0.4) is 0 Å². The summed E-state index contributed by atoms with van der Waals surface area (Å²) in [6.45, 7) is 1.83. The van der Waals surface area contributed by atoms with Crippen LogP contribution in [0.1, 0.15) is 23.7 Å². The van der Waals surface area contributed by atoms with Gasteiger partial charge in [0.15, 0.2) is 11.4 Å². The summed E-state index contributed by atoms with van der Waals surface area (Å²) >= 11 is 0. The summed E-state index contributed by atoms with van der Waals surface area (Å²) < 4.78 is 1.60. The van der Waals surface area contributed by atoms with Crippen LogP contribution in [-0.4, -0.2) is 20.4 Å². The van der Waals surface area contributed by atoms with Gasteiger partial charge >= 0.3 is 0 Å². The summed E-state index contributed by atoms with van der Waals surface area (Å²) in [6.07, 6.45) is 5.48. The third kappa shape index (κ3) is 1.20. The van der Waals surface area contributed by atoms with Gasteiger partial charge in [0.2, 0.25) is 0 Å². The second-order valence-corrected chi connectivity index (χ2v) is 2.72. The van der Waals surface area contributed by atoms with Crippen molar-refractivity contribution in [2.24, 2.45) is 0 Å². The molecule has 0 amide bonds. The Balaban J connectivity index is 2.64. The molecule has 0 N–H and O–H groups in total. The zero-order valence-electron chi connectivity index (χ0n) is 7.27. The van der Waals surface area contributed by atoms with E-state index in [2.05, 4.69) is 10.1 Å². The molecular formula is C9H9N3O. The number of aromatic nitrogens is 3. The Labute approximate surface area is 75.2 Å². The van der Waals surface area contributed by atoms with Crippen LogP contribution in [0, 0.1) is 0 Å². The number of fused-ring (bicyclic) bond motifs is 1. The lowest BCUT2D eigenvalue weighted by atomic mass is 10.2. The zero-order valence-corrected chi connectivity index (χ0v) is 7.27. The largest absolute Gasteiger partial charge is 0.294 e. The molecule has 0 saturated carbocycles. The SMILES string of the molecule is CCC(=O)c1cnn2cccnc12. The van der Waals surface area contributed by atoms with Gasteiger partial charge in [-0.3, -0.25) is 4.79 Å². The van der Waals surface area contributed by atoms with Crippen LogP contribution in [0.5, 0.6) is 0 Å². The van der Waals surface area contributed by atoms with E-state index in [0.29, 0.717) is 17.6 Å². The lowest BCUT2D eigenvalue weighted by Crippen LogP contribution is -1.97. The smallest absolute Gasteiger partial charge is 0.168 e. The lowest BCUT2D eigenvalue weighted by molar-refractivity contribution is 0.0989. The van der Waals surface area contributed by atoms with Crippen molar-refractivity contribution in [3.63, 3.8) is 0 Å². The molecule has 0 aliphatic heterocycles. The summed E-state index contributed by atoms with van der Waals surface area (Å²) in [4.78, 5) is 15.5. The van der Waals surface area contributed by atoms with Gasteiger partial charge in [0, 0.05) is 18.8 Å². The van der Waals surface area contributed by atoms with E-state index in [0.717, 1.165) is 0 Å². The molecule has 4 nitrogen and oxygen atoms in total. The summed E-state index contributed by atoms with van der Waals surface area (Å²) in [6, 6.07) is 1.78. The first kappa shape index (κ1) is 7.91. The summed E-state index contributed by atoms with van der Waals surface area (Å²) in [5, 5.41) is 4.02. The van der Waals surface area contributed by atoms with Crippen LogP contribution in [0.25, 0.3) is 5.65 Å². The summed E-state index contributed by atoms with van der Waals surface area (Å²) in [5.74, 6) is 0.0775. The molecule has 4 heteroatoms. The van der Waals surface area contributed by atoms with Gasteiger partial charge in [-0.05, 0) is 6.07 Å². The lowest BCUT2D eigenvalue weighted by Gasteiger charge is -1.93. The van der Waals surface area contributed by atoms with Crippen molar-refractivity contribution in [1.82, 2.24) is 14.6 Å². The Hall–Kier alpha value is -1.71. The topological polar surface area (TPSA) is 47.3 Å². The third-order valence-corrected chi connectivity index (χ3v) is 1.90. The van der Waals surface area contributed by atoms with Gasteiger partial charge in [0.05, 0.1) is 11.8 Å². The molecular weight excluding hydrogens is 166 g/mol. The number of Topliss-reactive ketones (excluding diaryl/α,β-unsaturated/α-hetero) is 1. The maximum atomic E-state index is 11.4. The molecule has 0 bridgehead atoms. The standard InChI is InChI=1S/C9H9N3O/c1-2-8(13)7-6-11-12-5-3-4-10-9(7)12/h3-6H,2H2,1H3. The molecule has 0 radical (unpaired) electrons. The minimum Gasteiger partial charge on any atom is -0.294 e. The van der Waals surface area contributed by atoms with E-state index < -0.39 is 0 Å². The van der Waals surface area contributed by atoms with Gasteiger partial charge in [-0.15, -0.1) is 0 Å². The minimum absolute atomic E-state index is 0.0775. The Bertz CT molecular complexity index is 447. The molecule has 0 aliphatic rings. The van der Waals surface area contributed by atoms with Crippen molar-refractivity contribution < 1.29 is 4.79 Å². The molecule has 66 valence electrons. The second kappa shape index (κ2) is 2.97. The van der Waals surface area contributed by atoms with Crippen molar-refractivity contribution in [3.05, 3.63) is 30.2 Å². The van der Waals surface area contributed by atoms with Gasteiger partial charge in [-0.25, -0.2) is 9.50 Å². The molecule has 2 heterocycles. The minimum atomic E-state index is 0.0775. The summed E-state index contributed by atoms with van der Waals surface area (Å²) in [5.41, 5.74) is 1.23. The average molecular weight is 175 g/mol. The predicted octanol–water partition coefficient (Wildman–Crippen LogP) is 1.32. The number of hydrogen-bond acceptors (Lipinski definition) is 3. The van der Waals surface area contributed by atoms with Crippen molar-refractivity contribution in [1.29, 1.82) is 0 Å². The van der Waals surface area contributed by atoms with Crippen LogP contribution in [-0.2, 0) is 0 Å². The molecule has 2 rings (SSSR count). The fraction of sp³-hybridized carbons (Fsp3) is 0.222. The van der Waals surface area contributed by atoms with E-state index in [9.17, 15) is 4.79 Å². The second-order valence-electron chi connectivity index (χ2n) is 2.72. The zero-order chi connectivity index (χ0) is 9.26. The van der Waals surface area contributed by atoms with E-state index in [-0.39, 0.29) is 5.78 Å². The van der Waals surface area contributed by atoms with Crippen LogP contribution in [0.4, 0.5) is 0 Å². The molecule has 0 unspecified atom stereocenters. The fourth-order valence-corrected chi connectivity index (χ4v) is 1.21. The van der Waals surface area contributed by atoms with Gasteiger partial charge < -0.3 is 0 Å². The number of nitrogens with zero attached hydrogens (tertiary/aromatic N) is 3. The highest BCUT2D eigenvalue weighted by atomic mass is 16.1. The highest BCUT2D eigenvalue weighted by molar-refractivity contribution is 6.00. The van der Waals surface area contributed by atoms with Crippen molar-refractivity contribution >= 4 is 11.4 Å². The van der Waals surface area contributed by atoms with E-state index >= 15 is 0 Å². The third-order valence-electron chi connectivity index (χ3n) is 1.90. The number of carbonyl (C=O) groups is 1. The normalized spacial score (nSPS) is 10.5. The number of ketones is 1. The molecule has 2 aromatic heterocycles. The summed E-state index contributed by atoms with van der Waals surface area (Å²) in [7, 11) is 0. The van der Waals surface area contributed by atoms with Crippen LogP contribution in [0.15, 0.2) is 24.7 Å². The van der Waals surface area contributed by atoms with Crippen molar-refractivity contribution in [2.45, 2.75) is 13.3 Å². The highest BCUT2D eigenvalue weighted by Crippen LogP contribution is 2.08. The first-order valence-corrected chi connectivity index (χ1v) is 4.14. The number of hydrogen-bond donors (Lipinski definition) is 0. The quantitative estimate of drug-likeness (QED) is 0.647. The Morgan fingerprint density at radius 1 is 1.62 bits per heavy atom. The first-order valence-electron chi connectivity index (χ1n) is 4.14. The maximum Gasteiger partial charge on any atom is 0.168 e. The molecule has 0 aromatic carbocycles. The van der Waals surface area contributed by atoms with E-state index in [4.69, 9.17) is 0 Å². The molecule has 0 spiro atoms. The molecule has 0 atom stereocenters. The Morgan fingerprint density at radius 3 is 3.23 bits per heavy atom. The monoisotopic (exact) mass is 175 g/mol. The number of rotatable bonds is 2.